The molecule has 0 unspecified atom stereocenters. The van der Waals surface area contributed by atoms with Crippen molar-refractivity contribution in [3.8, 4) is 0 Å². The van der Waals surface area contributed by atoms with E-state index < -0.39 is 0 Å². The van der Waals surface area contributed by atoms with E-state index in [1.54, 1.807) is 4.57 Å². The van der Waals surface area contributed by atoms with Gasteiger partial charge in [0.25, 0.3) is 5.56 Å². The lowest BCUT2D eigenvalue weighted by Crippen LogP contribution is -2.24. The van der Waals surface area contributed by atoms with E-state index in [9.17, 15) is 9.59 Å². The number of fused-ring (bicyclic) bond motifs is 3. The molecule has 1 aliphatic carbocycles. The van der Waals surface area contributed by atoms with Gasteiger partial charge in [-0.1, -0.05) is 18.6 Å². The second kappa shape index (κ2) is 9.55. The molecule has 3 heterocycles. The molecule has 1 amide bonds. The standard InChI is InChI=1S/C22H29N5O2S/c1-2-14-26-21(29)20-17(12-15-30-20)27-18(24-25-22(26)27)9-6-10-19(28)23-13-11-16-7-4-3-5-8-16/h7,12,15H,2-6,8-11,13-14H2,1H3,(H,23,28). The first-order chi connectivity index (χ1) is 14.7. The number of carbonyl (C=O) groups is 1. The maximum Gasteiger partial charge on any atom is 0.272 e. The van der Waals surface area contributed by atoms with E-state index >= 15 is 0 Å². The highest BCUT2D eigenvalue weighted by Gasteiger charge is 2.17. The minimum Gasteiger partial charge on any atom is -0.356 e. The van der Waals surface area contributed by atoms with Crippen LogP contribution in [0.2, 0.25) is 0 Å². The molecule has 7 nitrogen and oxygen atoms in total. The quantitative estimate of drug-likeness (QED) is 0.526. The molecule has 0 saturated carbocycles. The number of carbonyl (C=O) groups excluding carboxylic acids is 1. The van der Waals surface area contributed by atoms with Gasteiger partial charge in [-0.05, 0) is 56.4 Å². The molecule has 4 rings (SSSR count). The SMILES string of the molecule is CCCn1c(=O)c2sccc2n2c(CCCC(=O)NCCC3=CCCCC3)nnc12. The van der Waals surface area contributed by atoms with Crippen LogP contribution in [-0.2, 0) is 17.8 Å². The van der Waals surface area contributed by atoms with Crippen molar-refractivity contribution >= 4 is 33.2 Å². The Morgan fingerprint density at radius 3 is 2.97 bits per heavy atom. The van der Waals surface area contributed by atoms with Crippen LogP contribution in [0.15, 0.2) is 27.9 Å². The normalized spacial score (nSPS) is 14.4. The third kappa shape index (κ3) is 4.33. The summed E-state index contributed by atoms with van der Waals surface area (Å²) in [6.07, 6.45) is 10.9. The minimum atomic E-state index is 0.000702. The largest absolute Gasteiger partial charge is 0.356 e. The maximum atomic E-state index is 12.8. The topological polar surface area (TPSA) is 81.3 Å². The lowest BCUT2D eigenvalue weighted by molar-refractivity contribution is -0.121. The molecule has 0 saturated heterocycles. The van der Waals surface area contributed by atoms with Crippen molar-refractivity contribution in [1.29, 1.82) is 0 Å². The third-order valence-corrected chi connectivity index (χ3v) is 6.58. The Bertz CT molecular complexity index is 1120. The molecule has 8 heteroatoms. The van der Waals surface area contributed by atoms with Gasteiger partial charge in [0.2, 0.25) is 11.7 Å². The molecule has 1 aliphatic rings. The monoisotopic (exact) mass is 427 g/mol. The van der Waals surface area contributed by atoms with Gasteiger partial charge in [-0.2, -0.15) is 0 Å². The van der Waals surface area contributed by atoms with Crippen LogP contribution in [-0.4, -0.2) is 31.6 Å². The number of hydrogen-bond donors (Lipinski definition) is 1. The summed E-state index contributed by atoms with van der Waals surface area (Å²) >= 11 is 1.45. The molecule has 1 N–H and O–H groups in total. The fourth-order valence-electron chi connectivity index (χ4n) is 4.16. The van der Waals surface area contributed by atoms with Crippen molar-refractivity contribution in [2.45, 2.75) is 71.3 Å². The summed E-state index contributed by atoms with van der Waals surface area (Å²) in [5, 5.41) is 13.6. The van der Waals surface area contributed by atoms with Crippen molar-refractivity contribution in [1.82, 2.24) is 24.5 Å². The smallest absolute Gasteiger partial charge is 0.272 e. The zero-order valence-electron chi connectivity index (χ0n) is 17.5. The maximum absolute atomic E-state index is 12.8. The van der Waals surface area contributed by atoms with E-state index in [1.165, 1.54) is 42.6 Å². The highest BCUT2D eigenvalue weighted by molar-refractivity contribution is 7.17. The van der Waals surface area contributed by atoms with Crippen molar-refractivity contribution in [3.05, 3.63) is 39.3 Å². The molecule has 0 aliphatic heterocycles. The Hall–Kier alpha value is -2.48. The second-order valence-corrected chi connectivity index (χ2v) is 8.82. The van der Waals surface area contributed by atoms with E-state index in [4.69, 9.17) is 0 Å². The Morgan fingerprint density at radius 1 is 1.27 bits per heavy atom. The van der Waals surface area contributed by atoms with Crippen LogP contribution in [0.5, 0.6) is 0 Å². The van der Waals surface area contributed by atoms with Crippen molar-refractivity contribution in [3.63, 3.8) is 0 Å². The van der Waals surface area contributed by atoms with Crippen LogP contribution < -0.4 is 10.9 Å². The zero-order chi connectivity index (χ0) is 20.9. The molecule has 30 heavy (non-hydrogen) atoms. The van der Waals surface area contributed by atoms with Gasteiger partial charge in [0.05, 0.1) is 5.52 Å². The highest BCUT2D eigenvalue weighted by Crippen LogP contribution is 2.21. The van der Waals surface area contributed by atoms with Crippen molar-refractivity contribution in [2.24, 2.45) is 0 Å². The van der Waals surface area contributed by atoms with E-state index in [2.05, 4.69) is 21.6 Å². The fraction of sp³-hybridized carbons (Fsp3) is 0.545. The zero-order valence-corrected chi connectivity index (χ0v) is 18.3. The van der Waals surface area contributed by atoms with Crippen molar-refractivity contribution in [2.75, 3.05) is 6.54 Å². The van der Waals surface area contributed by atoms with Crippen LogP contribution in [0, 0.1) is 0 Å². The molecule has 0 fully saturated rings. The Morgan fingerprint density at radius 2 is 2.17 bits per heavy atom. The van der Waals surface area contributed by atoms with Gasteiger partial charge in [0.1, 0.15) is 10.5 Å². The molecular formula is C22H29N5O2S. The van der Waals surface area contributed by atoms with Gasteiger partial charge < -0.3 is 5.32 Å². The average molecular weight is 428 g/mol. The number of amides is 1. The molecule has 0 bridgehead atoms. The Kier molecular flexibility index (Phi) is 6.62. The Labute approximate surface area is 179 Å². The average Bonchev–Trinajstić information content (AvgIpc) is 3.39. The van der Waals surface area contributed by atoms with E-state index in [-0.39, 0.29) is 11.5 Å². The minimum absolute atomic E-state index is 0.000702. The first kappa shape index (κ1) is 20.8. The number of allylic oxidation sites excluding steroid dienone is 1. The number of nitrogens with one attached hydrogen (secondary N) is 1. The lowest BCUT2D eigenvalue weighted by atomic mass is 9.97. The van der Waals surface area contributed by atoms with Crippen molar-refractivity contribution < 1.29 is 4.79 Å². The molecule has 0 aromatic carbocycles. The van der Waals surface area contributed by atoms with Crippen LogP contribution >= 0.6 is 11.3 Å². The van der Waals surface area contributed by atoms with E-state index in [0.29, 0.717) is 31.6 Å². The summed E-state index contributed by atoms with van der Waals surface area (Å²) in [6, 6.07) is 1.95. The number of aryl methyl sites for hydroxylation is 2. The van der Waals surface area contributed by atoms with Crippen LogP contribution in [0.3, 0.4) is 0 Å². The first-order valence-electron chi connectivity index (χ1n) is 11.0. The van der Waals surface area contributed by atoms with Crippen LogP contribution in [0.25, 0.3) is 16.0 Å². The van der Waals surface area contributed by atoms with E-state index in [1.807, 2.05) is 22.8 Å². The summed E-state index contributed by atoms with van der Waals surface area (Å²) in [4.78, 5) is 25.0. The third-order valence-electron chi connectivity index (χ3n) is 5.68. The number of thiophene rings is 1. The van der Waals surface area contributed by atoms with Crippen LogP contribution in [0.4, 0.5) is 0 Å². The second-order valence-electron chi connectivity index (χ2n) is 7.91. The summed E-state index contributed by atoms with van der Waals surface area (Å²) < 4.78 is 4.42. The summed E-state index contributed by atoms with van der Waals surface area (Å²) in [5.74, 6) is 1.48. The predicted molar refractivity (Wildman–Crippen MR) is 120 cm³/mol. The summed E-state index contributed by atoms with van der Waals surface area (Å²) in [5.41, 5.74) is 2.34. The van der Waals surface area contributed by atoms with E-state index in [0.717, 1.165) is 35.4 Å². The number of hydrogen-bond acceptors (Lipinski definition) is 5. The summed E-state index contributed by atoms with van der Waals surface area (Å²) in [6.45, 7) is 3.38. The van der Waals surface area contributed by atoms with Gasteiger partial charge >= 0.3 is 0 Å². The molecular weight excluding hydrogens is 398 g/mol. The fourth-order valence-corrected chi connectivity index (χ4v) is 4.98. The predicted octanol–water partition coefficient (Wildman–Crippen LogP) is 3.85. The number of rotatable bonds is 9. The van der Waals surface area contributed by atoms with Gasteiger partial charge in [0, 0.05) is 25.9 Å². The molecule has 0 spiro atoms. The number of aromatic nitrogens is 4. The van der Waals surface area contributed by atoms with Gasteiger partial charge in [-0.3, -0.25) is 18.6 Å². The Balaban J connectivity index is 1.39. The lowest BCUT2D eigenvalue weighted by Gasteiger charge is -2.12. The molecule has 3 aromatic rings. The van der Waals surface area contributed by atoms with Gasteiger partial charge in [0.15, 0.2) is 0 Å². The molecule has 0 atom stereocenters. The molecule has 0 radical (unpaired) electrons. The number of nitrogens with zero attached hydrogens (tertiary/aromatic N) is 4. The van der Waals surface area contributed by atoms with Gasteiger partial charge in [-0.15, -0.1) is 21.5 Å². The molecule has 3 aromatic heterocycles. The highest BCUT2D eigenvalue weighted by atomic mass is 32.1. The molecule has 160 valence electrons. The first-order valence-corrected chi connectivity index (χ1v) is 11.9. The van der Waals surface area contributed by atoms with Crippen LogP contribution in [0.1, 0.15) is 64.1 Å². The summed E-state index contributed by atoms with van der Waals surface area (Å²) in [7, 11) is 0. The van der Waals surface area contributed by atoms with Gasteiger partial charge in [-0.25, -0.2) is 0 Å².